The summed E-state index contributed by atoms with van der Waals surface area (Å²) < 4.78 is 27.7. The Balaban J connectivity index is 1.83. The molecule has 6 nitrogen and oxygen atoms in total. The highest BCUT2D eigenvalue weighted by atomic mass is 32.2. The molecule has 2 aromatic rings. The van der Waals surface area contributed by atoms with Crippen LogP contribution < -0.4 is 5.73 Å². The van der Waals surface area contributed by atoms with Crippen LogP contribution in [0.2, 0.25) is 0 Å². The molecule has 0 aromatic heterocycles. The van der Waals surface area contributed by atoms with E-state index in [4.69, 9.17) is 5.73 Å². The van der Waals surface area contributed by atoms with Crippen LogP contribution in [0.1, 0.15) is 11.1 Å². The first-order valence-corrected chi connectivity index (χ1v) is 10.2. The van der Waals surface area contributed by atoms with Gasteiger partial charge in [0.1, 0.15) is 0 Å². The standard InChI is InChI=1S/C21H18N2O4S/c22-12-14-6-8-16(9-7-14)28(26,27)23-13-17(15-4-2-1-3-5-15)20-18(23)10-11-19(24)21(20)25/h1-11,13,18,20H,12,22H2. The Morgan fingerprint density at radius 1 is 0.964 bits per heavy atom. The Bertz CT molecular complexity index is 1100. The van der Waals surface area contributed by atoms with E-state index in [-0.39, 0.29) is 4.90 Å². The first-order valence-electron chi connectivity index (χ1n) is 8.79. The molecule has 0 bridgehead atoms. The van der Waals surface area contributed by atoms with Crippen LogP contribution in [0.5, 0.6) is 0 Å². The van der Waals surface area contributed by atoms with Crippen molar-refractivity contribution in [2.45, 2.75) is 17.5 Å². The predicted molar refractivity (Wildman–Crippen MR) is 104 cm³/mol. The zero-order chi connectivity index (χ0) is 19.9. The van der Waals surface area contributed by atoms with Crippen LogP contribution in [-0.2, 0) is 26.2 Å². The highest BCUT2D eigenvalue weighted by molar-refractivity contribution is 7.89. The van der Waals surface area contributed by atoms with Gasteiger partial charge in [0.25, 0.3) is 10.0 Å². The van der Waals surface area contributed by atoms with Gasteiger partial charge in [0.05, 0.1) is 16.9 Å². The molecule has 2 aliphatic rings. The van der Waals surface area contributed by atoms with Gasteiger partial charge in [-0.25, -0.2) is 8.42 Å². The maximum absolute atomic E-state index is 13.3. The van der Waals surface area contributed by atoms with Crippen LogP contribution in [0.15, 0.2) is 77.8 Å². The van der Waals surface area contributed by atoms with E-state index >= 15 is 0 Å². The summed E-state index contributed by atoms with van der Waals surface area (Å²) in [6.45, 7) is 0.312. The number of nitrogens with zero attached hydrogens (tertiary/aromatic N) is 1. The zero-order valence-electron chi connectivity index (χ0n) is 14.9. The lowest BCUT2D eigenvalue weighted by atomic mass is 9.82. The molecule has 0 amide bonds. The van der Waals surface area contributed by atoms with Crippen molar-refractivity contribution in [1.29, 1.82) is 0 Å². The summed E-state index contributed by atoms with van der Waals surface area (Å²) in [6, 6.07) is 14.6. The van der Waals surface area contributed by atoms with E-state index in [2.05, 4.69) is 0 Å². The third-order valence-corrected chi connectivity index (χ3v) is 6.82. The number of sulfonamides is 1. The summed E-state index contributed by atoms with van der Waals surface area (Å²) in [4.78, 5) is 24.7. The molecule has 0 radical (unpaired) electrons. The van der Waals surface area contributed by atoms with Crippen molar-refractivity contribution in [3.05, 3.63) is 84.1 Å². The van der Waals surface area contributed by atoms with Gasteiger partial charge in [-0.15, -0.1) is 0 Å². The molecular weight excluding hydrogens is 376 g/mol. The Hall–Kier alpha value is -3.03. The molecule has 0 spiro atoms. The fraction of sp³-hybridized carbons (Fsp3) is 0.143. The average Bonchev–Trinajstić information content (AvgIpc) is 3.12. The zero-order valence-corrected chi connectivity index (χ0v) is 15.7. The molecule has 7 heteroatoms. The van der Waals surface area contributed by atoms with Gasteiger partial charge in [0.15, 0.2) is 0 Å². The van der Waals surface area contributed by atoms with Crippen molar-refractivity contribution in [3.8, 4) is 0 Å². The van der Waals surface area contributed by atoms with E-state index in [0.29, 0.717) is 17.7 Å². The summed E-state index contributed by atoms with van der Waals surface area (Å²) in [7, 11) is -3.91. The number of carbonyl (C=O) groups is 2. The molecule has 0 fully saturated rings. The molecule has 2 atom stereocenters. The minimum absolute atomic E-state index is 0.103. The van der Waals surface area contributed by atoms with Gasteiger partial charge in [-0.3, -0.25) is 13.9 Å². The SMILES string of the molecule is NCc1ccc(S(=O)(=O)N2C=C(c3ccccc3)C3C(=O)C(=O)C=CC32)cc1. The Labute approximate surface area is 163 Å². The number of Topliss-reactive ketones (excluding diaryl/α,β-unsaturated/α-hetero) is 1. The number of ketones is 2. The molecule has 0 saturated heterocycles. The molecule has 1 aliphatic heterocycles. The minimum atomic E-state index is -3.91. The largest absolute Gasteiger partial charge is 0.326 e. The van der Waals surface area contributed by atoms with Crippen LogP contribution in [0, 0.1) is 5.92 Å². The number of fused-ring (bicyclic) bond motifs is 1. The molecule has 2 unspecified atom stereocenters. The van der Waals surface area contributed by atoms with E-state index in [1.807, 2.05) is 6.07 Å². The van der Waals surface area contributed by atoms with Crippen molar-refractivity contribution in [2.24, 2.45) is 11.7 Å². The number of carbonyl (C=O) groups excluding carboxylic acids is 2. The summed E-state index contributed by atoms with van der Waals surface area (Å²) in [6.07, 6.45) is 4.12. The molecule has 0 saturated carbocycles. The highest BCUT2D eigenvalue weighted by Crippen LogP contribution is 2.41. The van der Waals surface area contributed by atoms with Crippen molar-refractivity contribution < 1.29 is 18.0 Å². The van der Waals surface area contributed by atoms with Crippen LogP contribution >= 0.6 is 0 Å². The van der Waals surface area contributed by atoms with Crippen LogP contribution in [0.25, 0.3) is 5.57 Å². The first-order chi connectivity index (χ1) is 13.4. The molecule has 2 N–H and O–H groups in total. The van der Waals surface area contributed by atoms with Gasteiger partial charge >= 0.3 is 0 Å². The van der Waals surface area contributed by atoms with Gasteiger partial charge in [-0.2, -0.15) is 0 Å². The molecule has 28 heavy (non-hydrogen) atoms. The lowest BCUT2D eigenvalue weighted by Gasteiger charge is -2.28. The van der Waals surface area contributed by atoms with Crippen LogP contribution in [0.4, 0.5) is 0 Å². The number of benzene rings is 2. The van der Waals surface area contributed by atoms with Gasteiger partial charge < -0.3 is 5.73 Å². The smallest absolute Gasteiger partial charge is 0.264 e. The molecular formula is C21H18N2O4S. The second kappa shape index (κ2) is 6.85. The highest BCUT2D eigenvalue weighted by Gasteiger charge is 2.47. The van der Waals surface area contributed by atoms with Gasteiger partial charge in [-0.05, 0) is 34.9 Å². The van der Waals surface area contributed by atoms with E-state index in [1.54, 1.807) is 36.4 Å². The number of rotatable bonds is 4. The topological polar surface area (TPSA) is 97.5 Å². The normalized spacial score (nSPS) is 21.6. The van der Waals surface area contributed by atoms with Crippen molar-refractivity contribution >= 4 is 27.2 Å². The maximum atomic E-state index is 13.3. The lowest BCUT2D eigenvalue weighted by molar-refractivity contribution is -0.136. The Kier molecular flexibility index (Phi) is 4.49. The molecule has 1 aliphatic carbocycles. The summed E-state index contributed by atoms with van der Waals surface area (Å²) in [5.41, 5.74) is 7.63. The fourth-order valence-electron chi connectivity index (χ4n) is 3.58. The van der Waals surface area contributed by atoms with E-state index in [1.165, 1.54) is 28.7 Å². The average molecular weight is 394 g/mol. The molecule has 1 heterocycles. The van der Waals surface area contributed by atoms with E-state index < -0.39 is 33.5 Å². The summed E-state index contributed by atoms with van der Waals surface area (Å²) >= 11 is 0. The third-order valence-electron chi connectivity index (χ3n) is 5.05. The lowest BCUT2D eigenvalue weighted by Crippen LogP contribution is -2.42. The maximum Gasteiger partial charge on any atom is 0.264 e. The fourth-order valence-corrected chi connectivity index (χ4v) is 5.07. The number of allylic oxidation sites excluding steroid dienone is 1. The first kappa shape index (κ1) is 18.3. The minimum Gasteiger partial charge on any atom is -0.326 e. The Morgan fingerprint density at radius 2 is 1.64 bits per heavy atom. The molecule has 142 valence electrons. The predicted octanol–water partition coefficient (Wildman–Crippen LogP) is 1.88. The van der Waals surface area contributed by atoms with Crippen LogP contribution in [0.3, 0.4) is 0 Å². The van der Waals surface area contributed by atoms with Gasteiger partial charge in [-0.1, -0.05) is 48.5 Å². The van der Waals surface area contributed by atoms with Gasteiger partial charge in [0, 0.05) is 12.7 Å². The summed E-state index contributed by atoms with van der Waals surface area (Å²) in [5, 5.41) is 0. The third kappa shape index (κ3) is 2.89. The summed E-state index contributed by atoms with van der Waals surface area (Å²) in [5.74, 6) is -2.06. The monoisotopic (exact) mass is 394 g/mol. The molecule has 2 aromatic carbocycles. The Morgan fingerprint density at radius 3 is 2.29 bits per heavy atom. The molecule has 4 rings (SSSR count). The van der Waals surface area contributed by atoms with Gasteiger partial charge in [0.2, 0.25) is 11.6 Å². The number of nitrogens with two attached hydrogens (primary N) is 1. The van der Waals surface area contributed by atoms with E-state index in [0.717, 1.165) is 11.6 Å². The quantitative estimate of drug-likeness (QED) is 0.799. The number of hydrogen-bond donors (Lipinski definition) is 1. The van der Waals surface area contributed by atoms with Crippen molar-refractivity contribution in [3.63, 3.8) is 0 Å². The second-order valence-electron chi connectivity index (χ2n) is 6.69. The van der Waals surface area contributed by atoms with Crippen molar-refractivity contribution in [1.82, 2.24) is 4.31 Å². The van der Waals surface area contributed by atoms with Crippen LogP contribution in [-0.4, -0.2) is 30.3 Å². The van der Waals surface area contributed by atoms with E-state index in [9.17, 15) is 18.0 Å². The van der Waals surface area contributed by atoms with Crippen molar-refractivity contribution in [2.75, 3.05) is 0 Å². The second-order valence-corrected chi connectivity index (χ2v) is 8.53. The number of hydrogen-bond acceptors (Lipinski definition) is 5.